The average Bonchev–Trinajstić information content (AvgIpc) is 2.90. The predicted molar refractivity (Wildman–Crippen MR) is 162 cm³/mol. The first-order chi connectivity index (χ1) is 21.2. The van der Waals surface area contributed by atoms with E-state index in [9.17, 15) is 68.3 Å². The van der Waals surface area contributed by atoms with E-state index in [4.69, 9.17) is 0 Å². The molecule has 1 amide bonds. The highest BCUT2D eigenvalue weighted by atomic mass is 31.2. The fourth-order valence-electron chi connectivity index (χ4n) is 4.69. The third-order valence-electron chi connectivity index (χ3n) is 7.42. The second kappa shape index (κ2) is 19.7. The lowest BCUT2D eigenvalue weighted by molar-refractivity contribution is -0.140. The van der Waals surface area contributed by atoms with Crippen molar-refractivity contribution in [2.45, 2.75) is 24.3 Å². The fraction of sp³-hybridized carbons (Fsp3) is 0.833. The molecule has 0 unspecified atom stereocenters. The molecule has 1 heterocycles. The van der Waals surface area contributed by atoms with E-state index in [0.717, 1.165) is 0 Å². The fourth-order valence-corrected chi connectivity index (χ4v) is 6.83. The van der Waals surface area contributed by atoms with E-state index in [1.165, 1.54) is 4.90 Å². The predicted octanol–water partition coefficient (Wildman–Crippen LogP) is -3.32. The summed E-state index contributed by atoms with van der Waals surface area (Å²) < 4.78 is 23.0. The summed E-state index contributed by atoms with van der Waals surface area (Å²) in [6.07, 6.45) is 0.125. The Kier molecular flexibility index (Phi) is 18.0. The Morgan fingerprint density at radius 1 is 0.652 bits per heavy atom. The molecule has 0 atom stereocenters. The van der Waals surface area contributed by atoms with Crippen LogP contribution >= 0.6 is 15.2 Å². The second-order valence-corrected chi connectivity index (χ2v) is 15.3. The molecule has 0 aliphatic carbocycles. The first-order valence-corrected chi connectivity index (χ1v) is 17.8. The monoisotopic (exact) mass is 706 g/mol. The molecule has 0 aromatic heterocycles. The normalized spacial score (nSPS) is 17.7. The molecule has 20 nitrogen and oxygen atoms in total. The van der Waals surface area contributed by atoms with Gasteiger partial charge < -0.3 is 50.2 Å². The van der Waals surface area contributed by atoms with Crippen molar-refractivity contribution in [3.05, 3.63) is 0 Å². The van der Waals surface area contributed by atoms with E-state index >= 15 is 0 Å². The molecule has 46 heavy (non-hydrogen) atoms. The van der Waals surface area contributed by atoms with E-state index in [1.54, 1.807) is 26.6 Å². The summed E-state index contributed by atoms with van der Waals surface area (Å²) in [4.78, 5) is 92.1. The highest BCUT2D eigenvalue weighted by Gasteiger charge is 2.58. The molecule has 1 aliphatic heterocycles. The molecular weight excluding hydrogens is 658 g/mol. The van der Waals surface area contributed by atoms with Crippen molar-refractivity contribution in [1.29, 1.82) is 0 Å². The maximum Gasteiger partial charge on any atom is 0.369 e. The van der Waals surface area contributed by atoms with Gasteiger partial charge in [-0.2, -0.15) is 0 Å². The van der Waals surface area contributed by atoms with Crippen LogP contribution in [0.15, 0.2) is 0 Å². The number of carbonyl (C=O) groups excluding carboxylic acids is 1. The van der Waals surface area contributed by atoms with E-state index in [-0.39, 0.29) is 84.4 Å². The summed E-state index contributed by atoms with van der Waals surface area (Å²) in [5.41, 5.74) is 0. The number of rotatable bonds is 18. The maximum absolute atomic E-state index is 12.7. The number of carboxylic acids is 3. The van der Waals surface area contributed by atoms with Gasteiger partial charge in [-0.15, -0.1) is 0 Å². The number of aliphatic carboxylic acids is 3. The van der Waals surface area contributed by atoms with E-state index in [0.29, 0.717) is 32.5 Å². The van der Waals surface area contributed by atoms with Crippen LogP contribution in [0.1, 0.15) is 19.3 Å². The number of amides is 1. The van der Waals surface area contributed by atoms with Crippen molar-refractivity contribution in [1.82, 2.24) is 29.8 Å². The van der Waals surface area contributed by atoms with Crippen molar-refractivity contribution in [3.8, 4) is 0 Å². The number of hydrogen-bond acceptors (Lipinski definition) is 12. The minimum Gasteiger partial charge on any atom is -0.480 e. The van der Waals surface area contributed by atoms with Gasteiger partial charge in [-0.3, -0.25) is 47.9 Å². The van der Waals surface area contributed by atoms with Crippen LogP contribution in [0.25, 0.3) is 0 Å². The Morgan fingerprint density at radius 2 is 1.00 bits per heavy atom. The summed E-state index contributed by atoms with van der Waals surface area (Å²) >= 11 is 0. The number of hydrogen-bond donors (Lipinski definition) is 9. The van der Waals surface area contributed by atoms with Crippen molar-refractivity contribution in [2.24, 2.45) is 0 Å². The minimum absolute atomic E-state index is 0.0454. The first-order valence-electron chi connectivity index (χ1n) is 14.6. The molecular formula is C24H48N6O14P2. The molecule has 22 heteroatoms. The van der Waals surface area contributed by atoms with Gasteiger partial charge in [0.15, 0.2) is 0 Å². The number of nitrogens with one attached hydrogen (secondary N) is 1. The van der Waals surface area contributed by atoms with Crippen LogP contribution in [-0.2, 0) is 28.3 Å². The van der Waals surface area contributed by atoms with Crippen LogP contribution in [-0.4, -0.2) is 199 Å². The molecule has 9 N–H and O–H groups in total. The summed E-state index contributed by atoms with van der Waals surface area (Å²) in [5.74, 6) is -3.49. The Labute approximate surface area is 266 Å². The van der Waals surface area contributed by atoms with Crippen LogP contribution < -0.4 is 5.32 Å². The molecule has 0 aromatic carbocycles. The van der Waals surface area contributed by atoms with Gasteiger partial charge in [-0.1, -0.05) is 0 Å². The smallest absolute Gasteiger partial charge is 0.369 e. The molecule has 0 aromatic rings. The zero-order valence-electron chi connectivity index (χ0n) is 25.9. The zero-order chi connectivity index (χ0) is 35.1. The number of nitrogens with zero attached hydrogens (tertiary/aromatic N) is 5. The quantitative estimate of drug-likeness (QED) is 0.0498. The van der Waals surface area contributed by atoms with Crippen molar-refractivity contribution in [3.63, 3.8) is 0 Å². The third kappa shape index (κ3) is 16.2. The van der Waals surface area contributed by atoms with Crippen molar-refractivity contribution >= 4 is 39.0 Å². The zero-order valence-corrected chi connectivity index (χ0v) is 27.7. The van der Waals surface area contributed by atoms with Crippen molar-refractivity contribution < 1.29 is 68.3 Å². The lowest BCUT2D eigenvalue weighted by atomic mass is 10.2. The molecule has 0 radical (unpaired) electrons. The topological polar surface area (TPSA) is 292 Å². The highest BCUT2D eigenvalue weighted by molar-refractivity contribution is 7.72. The number of carbonyl (C=O) groups is 4. The Hall–Kier alpha value is -2.06. The SMILES string of the molecule is CN(CCCCNC(=O)CN1CCN(CC(=O)O)CCN(CC(=O)O)CCN(CC(=O)O)CC1)CCC(O)(P(=O)(O)O)P(=O)(O)O. The van der Waals surface area contributed by atoms with Gasteiger partial charge in [0.1, 0.15) is 0 Å². The molecule has 0 bridgehead atoms. The Bertz CT molecular complexity index is 1050. The molecule has 1 rings (SSSR count). The largest absolute Gasteiger partial charge is 0.480 e. The standard InChI is InChI=1S/C24H48N6O14P2/c1-26(7-4-24(38,45(39,40)41)46(42,43)44)6-3-2-5-25-20(31)16-27-8-10-28(17-21(32)33)12-14-30(19-23(36)37)15-13-29(11-9-27)18-22(34)35/h38H,2-19H2,1H3,(H,25,31)(H,32,33)(H,34,35)(H,36,37)(H2,39,40,41)(H2,42,43,44). The van der Waals surface area contributed by atoms with Crippen LogP contribution in [0.2, 0.25) is 0 Å². The van der Waals surface area contributed by atoms with Crippen molar-refractivity contribution in [2.75, 3.05) is 105 Å². The Morgan fingerprint density at radius 3 is 1.33 bits per heavy atom. The summed E-state index contributed by atoms with van der Waals surface area (Å²) in [5, 5.41) is 37.2. The number of unbranched alkanes of at least 4 members (excludes halogenated alkanes) is 1. The minimum atomic E-state index is -5.53. The van der Waals surface area contributed by atoms with Gasteiger partial charge in [0.25, 0.3) is 5.08 Å². The molecule has 1 fully saturated rings. The lowest BCUT2D eigenvalue weighted by Crippen LogP contribution is -2.49. The van der Waals surface area contributed by atoms with E-state index in [1.807, 2.05) is 0 Å². The van der Waals surface area contributed by atoms with E-state index < -0.39 is 44.6 Å². The summed E-state index contributed by atoms with van der Waals surface area (Å²) in [6.45, 7) is 1.65. The summed E-state index contributed by atoms with van der Waals surface area (Å²) in [7, 11) is -9.53. The van der Waals surface area contributed by atoms with Gasteiger partial charge in [0.2, 0.25) is 5.91 Å². The number of carboxylic acid groups (broad SMARTS) is 3. The third-order valence-corrected chi connectivity index (χ3v) is 11.3. The van der Waals surface area contributed by atoms with Gasteiger partial charge in [-0.25, -0.2) is 0 Å². The molecule has 1 aliphatic rings. The molecule has 268 valence electrons. The van der Waals surface area contributed by atoms with Crippen LogP contribution in [0.4, 0.5) is 0 Å². The van der Waals surface area contributed by atoms with Crippen LogP contribution in [0, 0.1) is 0 Å². The van der Waals surface area contributed by atoms with Gasteiger partial charge in [0, 0.05) is 71.9 Å². The molecule has 1 saturated heterocycles. The molecule has 0 spiro atoms. The highest BCUT2D eigenvalue weighted by Crippen LogP contribution is 2.68. The van der Waals surface area contributed by atoms with Crippen LogP contribution in [0.3, 0.4) is 0 Å². The maximum atomic E-state index is 12.7. The van der Waals surface area contributed by atoms with E-state index in [2.05, 4.69) is 5.32 Å². The van der Waals surface area contributed by atoms with Gasteiger partial charge in [-0.05, 0) is 26.4 Å². The lowest BCUT2D eigenvalue weighted by Gasteiger charge is -2.32. The van der Waals surface area contributed by atoms with Crippen LogP contribution in [0.5, 0.6) is 0 Å². The average molecular weight is 707 g/mol. The first kappa shape index (κ1) is 42.0. The summed E-state index contributed by atoms with van der Waals surface area (Å²) in [6, 6.07) is 0. The number of aliphatic hydroxyl groups is 1. The van der Waals surface area contributed by atoms with Gasteiger partial charge >= 0.3 is 33.1 Å². The molecule has 0 saturated carbocycles. The second-order valence-electron chi connectivity index (χ2n) is 11.3. The van der Waals surface area contributed by atoms with Gasteiger partial charge in [0.05, 0.1) is 26.2 Å². The Balaban J connectivity index is 2.69.